The number of fused-ring (bicyclic) bond motifs is 1. The summed E-state index contributed by atoms with van der Waals surface area (Å²) in [6, 6.07) is 15.4. The van der Waals surface area contributed by atoms with Gasteiger partial charge in [-0.05, 0) is 35.7 Å². The number of hydrogen-bond donors (Lipinski definition) is 1. The van der Waals surface area contributed by atoms with Gasteiger partial charge in [0.05, 0.1) is 0 Å². The van der Waals surface area contributed by atoms with Crippen molar-refractivity contribution < 1.29 is 4.79 Å². The first-order valence-corrected chi connectivity index (χ1v) is 7.23. The van der Waals surface area contributed by atoms with Crippen molar-refractivity contribution in [2.24, 2.45) is 0 Å². The summed E-state index contributed by atoms with van der Waals surface area (Å²) in [7, 11) is 0. The van der Waals surface area contributed by atoms with Crippen molar-refractivity contribution in [3.8, 4) is 0 Å². The van der Waals surface area contributed by atoms with Gasteiger partial charge in [0, 0.05) is 31.7 Å². The third-order valence-electron chi connectivity index (χ3n) is 4.06. The lowest BCUT2D eigenvalue weighted by molar-refractivity contribution is -0.129. The Morgan fingerprint density at radius 2 is 1.80 bits per heavy atom. The Morgan fingerprint density at radius 1 is 1.10 bits per heavy atom. The van der Waals surface area contributed by atoms with E-state index >= 15 is 0 Å². The summed E-state index contributed by atoms with van der Waals surface area (Å²) >= 11 is 0. The van der Waals surface area contributed by atoms with Gasteiger partial charge >= 0.3 is 0 Å². The second-order valence-corrected chi connectivity index (χ2v) is 5.49. The van der Waals surface area contributed by atoms with Gasteiger partial charge < -0.3 is 10.2 Å². The van der Waals surface area contributed by atoms with Gasteiger partial charge in [0.2, 0.25) is 5.91 Å². The van der Waals surface area contributed by atoms with Crippen LogP contribution in [0.15, 0.2) is 42.5 Å². The van der Waals surface area contributed by atoms with E-state index in [9.17, 15) is 4.79 Å². The Balaban J connectivity index is 1.66. The smallest absolute Gasteiger partial charge is 0.219 e. The molecule has 1 aliphatic rings. The molecule has 2 aromatic rings. The van der Waals surface area contributed by atoms with E-state index in [2.05, 4.69) is 47.8 Å². The summed E-state index contributed by atoms with van der Waals surface area (Å²) < 4.78 is 0. The molecule has 0 radical (unpaired) electrons. The van der Waals surface area contributed by atoms with E-state index in [4.69, 9.17) is 0 Å². The van der Waals surface area contributed by atoms with E-state index in [1.54, 1.807) is 6.92 Å². The first-order valence-electron chi connectivity index (χ1n) is 7.23. The van der Waals surface area contributed by atoms with Gasteiger partial charge in [-0.3, -0.25) is 4.79 Å². The van der Waals surface area contributed by atoms with Gasteiger partial charge in [-0.15, -0.1) is 0 Å². The second-order valence-electron chi connectivity index (χ2n) is 5.49. The van der Waals surface area contributed by atoms with E-state index in [0.29, 0.717) is 6.04 Å². The van der Waals surface area contributed by atoms with Crippen LogP contribution in [0.4, 0.5) is 5.69 Å². The molecule has 1 aliphatic heterocycles. The summed E-state index contributed by atoms with van der Waals surface area (Å²) in [5.41, 5.74) is 1.17. The number of amides is 1. The summed E-state index contributed by atoms with van der Waals surface area (Å²) in [5, 5.41) is 6.13. The monoisotopic (exact) mass is 268 g/mol. The Kier molecular flexibility index (Phi) is 3.59. The molecule has 0 unspecified atom stereocenters. The summed E-state index contributed by atoms with van der Waals surface area (Å²) in [4.78, 5) is 13.2. The van der Waals surface area contributed by atoms with E-state index in [1.165, 1.54) is 16.5 Å². The van der Waals surface area contributed by atoms with Crippen molar-refractivity contribution in [2.75, 3.05) is 18.4 Å². The number of nitrogens with zero attached hydrogens (tertiary/aromatic N) is 1. The molecular weight excluding hydrogens is 248 g/mol. The zero-order valence-electron chi connectivity index (χ0n) is 11.8. The third-order valence-corrected chi connectivity index (χ3v) is 4.06. The van der Waals surface area contributed by atoms with Crippen LogP contribution in [-0.4, -0.2) is 29.9 Å². The molecule has 3 heteroatoms. The number of hydrogen-bond acceptors (Lipinski definition) is 2. The number of rotatable bonds is 2. The van der Waals surface area contributed by atoms with Gasteiger partial charge in [-0.1, -0.05) is 30.3 Å². The van der Waals surface area contributed by atoms with E-state index in [1.807, 2.05) is 4.90 Å². The molecule has 1 amide bonds. The predicted molar refractivity (Wildman–Crippen MR) is 82.8 cm³/mol. The quantitative estimate of drug-likeness (QED) is 0.906. The fraction of sp³-hybridized carbons (Fsp3) is 0.353. The van der Waals surface area contributed by atoms with Crippen LogP contribution in [-0.2, 0) is 4.79 Å². The molecule has 1 N–H and O–H groups in total. The molecule has 3 rings (SSSR count). The fourth-order valence-electron chi connectivity index (χ4n) is 2.85. The van der Waals surface area contributed by atoms with Gasteiger partial charge in [0.25, 0.3) is 0 Å². The highest BCUT2D eigenvalue weighted by molar-refractivity contribution is 5.85. The van der Waals surface area contributed by atoms with E-state index in [-0.39, 0.29) is 5.91 Å². The minimum Gasteiger partial charge on any atom is -0.382 e. The first-order chi connectivity index (χ1) is 9.72. The van der Waals surface area contributed by atoms with Crippen molar-refractivity contribution in [3.05, 3.63) is 42.5 Å². The number of carbonyl (C=O) groups excluding carboxylic acids is 1. The molecule has 0 bridgehead atoms. The van der Waals surface area contributed by atoms with Crippen LogP contribution in [0.5, 0.6) is 0 Å². The zero-order valence-corrected chi connectivity index (χ0v) is 11.8. The summed E-state index contributed by atoms with van der Waals surface area (Å²) in [6.45, 7) is 3.37. The standard InChI is InChI=1S/C17H20N2O/c1-13(20)19-10-8-16(9-11-19)18-17-7-6-14-4-2-3-5-15(14)12-17/h2-7,12,16,18H,8-11H2,1H3. The van der Waals surface area contributed by atoms with Crippen LogP contribution in [0, 0.1) is 0 Å². The Labute approximate surface area is 119 Å². The largest absolute Gasteiger partial charge is 0.382 e. The van der Waals surface area contributed by atoms with Crippen LogP contribution in [0.3, 0.4) is 0 Å². The lowest BCUT2D eigenvalue weighted by atomic mass is 10.0. The van der Waals surface area contributed by atoms with Crippen molar-refractivity contribution in [1.29, 1.82) is 0 Å². The fourth-order valence-corrected chi connectivity index (χ4v) is 2.85. The topological polar surface area (TPSA) is 32.3 Å². The number of nitrogens with one attached hydrogen (secondary N) is 1. The highest BCUT2D eigenvalue weighted by Gasteiger charge is 2.20. The molecule has 1 saturated heterocycles. The maximum Gasteiger partial charge on any atom is 0.219 e. The highest BCUT2D eigenvalue weighted by Crippen LogP contribution is 2.21. The minimum absolute atomic E-state index is 0.189. The Morgan fingerprint density at radius 3 is 2.50 bits per heavy atom. The van der Waals surface area contributed by atoms with Crippen LogP contribution in [0.25, 0.3) is 10.8 Å². The lowest BCUT2D eigenvalue weighted by Gasteiger charge is -2.32. The second kappa shape index (κ2) is 5.53. The first kappa shape index (κ1) is 13.0. The van der Waals surface area contributed by atoms with Crippen molar-refractivity contribution in [2.45, 2.75) is 25.8 Å². The van der Waals surface area contributed by atoms with Crippen LogP contribution >= 0.6 is 0 Å². The molecule has 0 aromatic heterocycles. The SMILES string of the molecule is CC(=O)N1CCC(Nc2ccc3ccccc3c2)CC1. The molecule has 0 spiro atoms. The molecule has 0 saturated carbocycles. The molecule has 0 aliphatic carbocycles. The molecular formula is C17H20N2O. The zero-order chi connectivity index (χ0) is 13.9. The average Bonchev–Trinajstić information content (AvgIpc) is 2.48. The number of anilines is 1. The van der Waals surface area contributed by atoms with Crippen LogP contribution in [0.1, 0.15) is 19.8 Å². The van der Waals surface area contributed by atoms with Crippen LogP contribution < -0.4 is 5.32 Å². The number of likely N-dealkylation sites (tertiary alicyclic amines) is 1. The Bertz CT molecular complexity index is 615. The van der Waals surface area contributed by atoms with Crippen LogP contribution in [0.2, 0.25) is 0 Å². The van der Waals surface area contributed by atoms with Gasteiger partial charge in [-0.25, -0.2) is 0 Å². The highest BCUT2D eigenvalue weighted by atomic mass is 16.2. The molecule has 1 fully saturated rings. The number of carbonyl (C=O) groups is 1. The normalized spacial score (nSPS) is 16.4. The predicted octanol–water partition coefficient (Wildman–Crippen LogP) is 3.26. The average molecular weight is 268 g/mol. The molecule has 20 heavy (non-hydrogen) atoms. The van der Waals surface area contributed by atoms with Gasteiger partial charge in [0.1, 0.15) is 0 Å². The third kappa shape index (κ3) is 2.77. The maximum atomic E-state index is 11.3. The molecule has 1 heterocycles. The summed E-state index contributed by atoms with van der Waals surface area (Å²) in [6.07, 6.45) is 2.04. The summed E-state index contributed by atoms with van der Waals surface area (Å²) in [5.74, 6) is 0.189. The minimum atomic E-state index is 0.189. The molecule has 2 aromatic carbocycles. The number of benzene rings is 2. The van der Waals surface area contributed by atoms with Gasteiger partial charge in [0.15, 0.2) is 0 Å². The van der Waals surface area contributed by atoms with Crippen molar-refractivity contribution in [3.63, 3.8) is 0 Å². The Hall–Kier alpha value is -2.03. The molecule has 0 atom stereocenters. The van der Waals surface area contributed by atoms with E-state index in [0.717, 1.165) is 25.9 Å². The van der Waals surface area contributed by atoms with Crippen molar-refractivity contribution >= 4 is 22.4 Å². The number of piperidine rings is 1. The molecule has 104 valence electrons. The van der Waals surface area contributed by atoms with Gasteiger partial charge in [-0.2, -0.15) is 0 Å². The lowest BCUT2D eigenvalue weighted by Crippen LogP contribution is -2.41. The van der Waals surface area contributed by atoms with E-state index < -0.39 is 0 Å². The molecule has 3 nitrogen and oxygen atoms in total. The van der Waals surface area contributed by atoms with Crippen molar-refractivity contribution in [1.82, 2.24) is 4.90 Å². The maximum absolute atomic E-state index is 11.3.